The molecule has 0 fully saturated rings. The summed E-state index contributed by atoms with van der Waals surface area (Å²) in [5.41, 5.74) is 0.382. The molecule has 66 valence electrons. The fraction of sp³-hybridized carbons (Fsp3) is 0.444. The molecule has 0 amide bonds. The van der Waals surface area contributed by atoms with Crippen LogP contribution in [0.3, 0.4) is 0 Å². The highest BCUT2D eigenvalue weighted by atomic mass is 16.3. The van der Waals surface area contributed by atoms with Gasteiger partial charge in [-0.2, -0.15) is 0 Å². The van der Waals surface area contributed by atoms with Crippen LogP contribution < -0.4 is 5.56 Å². The Morgan fingerprint density at radius 1 is 1.58 bits per heavy atom. The lowest BCUT2D eigenvalue weighted by atomic mass is 10.3. The first-order valence-electron chi connectivity index (χ1n) is 4.08. The van der Waals surface area contributed by atoms with Gasteiger partial charge >= 0.3 is 0 Å². The lowest BCUT2D eigenvalue weighted by Crippen LogP contribution is -2.22. The van der Waals surface area contributed by atoms with Crippen molar-refractivity contribution >= 4 is 0 Å². The average Bonchev–Trinajstić information content (AvgIpc) is 2.09. The standard InChI is InChI=1S/C9H13NO2/c1-2-5-10-6-3-4-8(7-11)9(10)12/h3-4,6,11H,2,5,7H2,1H3. The number of aliphatic hydroxyl groups is 1. The molecular weight excluding hydrogens is 154 g/mol. The van der Waals surface area contributed by atoms with Crippen molar-refractivity contribution in [2.45, 2.75) is 26.5 Å². The summed E-state index contributed by atoms with van der Waals surface area (Å²) in [6.45, 7) is 2.55. The smallest absolute Gasteiger partial charge is 0.256 e. The predicted molar refractivity (Wildman–Crippen MR) is 46.9 cm³/mol. The summed E-state index contributed by atoms with van der Waals surface area (Å²) in [7, 11) is 0. The molecular formula is C9H13NO2. The Bertz CT molecular complexity index is 304. The summed E-state index contributed by atoms with van der Waals surface area (Å²) < 4.78 is 1.62. The van der Waals surface area contributed by atoms with E-state index in [-0.39, 0.29) is 12.2 Å². The van der Waals surface area contributed by atoms with Crippen molar-refractivity contribution in [2.75, 3.05) is 0 Å². The minimum Gasteiger partial charge on any atom is -0.391 e. The van der Waals surface area contributed by atoms with Gasteiger partial charge in [-0.15, -0.1) is 0 Å². The van der Waals surface area contributed by atoms with E-state index < -0.39 is 0 Å². The van der Waals surface area contributed by atoms with Crippen molar-refractivity contribution in [3.05, 3.63) is 34.2 Å². The molecule has 1 heterocycles. The van der Waals surface area contributed by atoms with E-state index in [4.69, 9.17) is 5.11 Å². The van der Waals surface area contributed by atoms with Gasteiger partial charge in [-0.05, 0) is 18.6 Å². The molecule has 0 radical (unpaired) electrons. The SMILES string of the molecule is CCCn1cccc(CO)c1=O. The zero-order valence-electron chi connectivity index (χ0n) is 7.16. The summed E-state index contributed by atoms with van der Waals surface area (Å²) in [4.78, 5) is 11.4. The Morgan fingerprint density at radius 3 is 2.92 bits per heavy atom. The largest absolute Gasteiger partial charge is 0.391 e. The van der Waals surface area contributed by atoms with E-state index in [9.17, 15) is 4.79 Å². The van der Waals surface area contributed by atoms with Crippen LogP contribution in [0.25, 0.3) is 0 Å². The van der Waals surface area contributed by atoms with Gasteiger partial charge in [-0.1, -0.05) is 6.92 Å². The minimum absolute atomic E-state index is 0.0816. The van der Waals surface area contributed by atoms with E-state index in [1.165, 1.54) is 0 Å². The van der Waals surface area contributed by atoms with Gasteiger partial charge in [0.1, 0.15) is 0 Å². The fourth-order valence-electron chi connectivity index (χ4n) is 1.12. The molecule has 1 aromatic heterocycles. The third-order valence-electron chi connectivity index (χ3n) is 1.73. The molecule has 0 spiro atoms. The molecule has 1 aromatic rings. The zero-order valence-corrected chi connectivity index (χ0v) is 7.16. The highest BCUT2D eigenvalue weighted by molar-refractivity contribution is 5.08. The van der Waals surface area contributed by atoms with E-state index in [1.54, 1.807) is 22.9 Å². The predicted octanol–water partition coefficient (Wildman–Crippen LogP) is 0.751. The van der Waals surface area contributed by atoms with E-state index >= 15 is 0 Å². The summed E-state index contributed by atoms with van der Waals surface area (Å²) in [5, 5.41) is 8.80. The maximum Gasteiger partial charge on any atom is 0.256 e. The van der Waals surface area contributed by atoms with Crippen molar-refractivity contribution < 1.29 is 5.11 Å². The highest BCUT2D eigenvalue weighted by Gasteiger charge is 1.99. The Kier molecular flexibility index (Phi) is 3.05. The topological polar surface area (TPSA) is 42.2 Å². The van der Waals surface area contributed by atoms with Crippen LogP contribution in [-0.4, -0.2) is 9.67 Å². The monoisotopic (exact) mass is 167 g/mol. The molecule has 0 bridgehead atoms. The molecule has 0 saturated carbocycles. The Morgan fingerprint density at radius 2 is 2.33 bits per heavy atom. The number of rotatable bonds is 3. The van der Waals surface area contributed by atoms with Gasteiger partial charge in [0, 0.05) is 18.3 Å². The molecule has 3 heteroatoms. The van der Waals surface area contributed by atoms with Gasteiger partial charge in [0.25, 0.3) is 5.56 Å². The molecule has 1 N–H and O–H groups in total. The number of nitrogens with zero attached hydrogens (tertiary/aromatic N) is 1. The quantitative estimate of drug-likeness (QED) is 0.721. The summed E-state index contributed by atoms with van der Waals surface area (Å²) >= 11 is 0. The average molecular weight is 167 g/mol. The van der Waals surface area contributed by atoms with Crippen molar-refractivity contribution in [3.63, 3.8) is 0 Å². The van der Waals surface area contributed by atoms with Crippen LogP contribution in [0, 0.1) is 0 Å². The molecule has 3 nitrogen and oxygen atoms in total. The van der Waals surface area contributed by atoms with Crippen LogP contribution in [0.15, 0.2) is 23.1 Å². The number of aromatic nitrogens is 1. The van der Waals surface area contributed by atoms with Crippen molar-refractivity contribution in [2.24, 2.45) is 0 Å². The minimum atomic E-state index is -0.177. The van der Waals surface area contributed by atoms with Crippen LogP contribution in [0.5, 0.6) is 0 Å². The summed E-state index contributed by atoms with van der Waals surface area (Å²) in [6.07, 6.45) is 2.67. The normalized spacial score (nSPS) is 10.2. The van der Waals surface area contributed by atoms with Gasteiger partial charge in [-0.3, -0.25) is 4.79 Å². The number of aryl methyl sites for hydroxylation is 1. The van der Waals surface area contributed by atoms with Gasteiger partial charge in [0.2, 0.25) is 0 Å². The summed E-state index contributed by atoms with van der Waals surface area (Å²) in [5.74, 6) is 0. The molecule has 0 unspecified atom stereocenters. The van der Waals surface area contributed by atoms with E-state index in [2.05, 4.69) is 0 Å². The van der Waals surface area contributed by atoms with Crippen molar-refractivity contribution in [1.82, 2.24) is 4.57 Å². The first-order valence-corrected chi connectivity index (χ1v) is 4.08. The molecule has 0 saturated heterocycles. The third-order valence-corrected chi connectivity index (χ3v) is 1.73. The Labute approximate surface area is 71.3 Å². The lowest BCUT2D eigenvalue weighted by molar-refractivity contribution is 0.279. The van der Waals surface area contributed by atoms with E-state index in [1.807, 2.05) is 6.92 Å². The first kappa shape index (κ1) is 9.00. The van der Waals surface area contributed by atoms with Crippen LogP contribution >= 0.6 is 0 Å². The molecule has 0 aliphatic heterocycles. The number of aliphatic hydroxyl groups excluding tert-OH is 1. The number of hydrogen-bond donors (Lipinski definition) is 1. The molecule has 0 aliphatic rings. The van der Waals surface area contributed by atoms with Crippen molar-refractivity contribution in [3.8, 4) is 0 Å². The Hall–Kier alpha value is -1.09. The number of pyridine rings is 1. The highest BCUT2D eigenvalue weighted by Crippen LogP contribution is 1.92. The fourth-order valence-corrected chi connectivity index (χ4v) is 1.12. The van der Waals surface area contributed by atoms with E-state index in [0.717, 1.165) is 6.42 Å². The molecule has 0 aliphatic carbocycles. The maximum atomic E-state index is 11.4. The Balaban J connectivity index is 3.06. The second kappa shape index (κ2) is 4.07. The molecule has 0 aromatic carbocycles. The third kappa shape index (κ3) is 1.74. The number of hydrogen-bond acceptors (Lipinski definition) is 2. The van der Waals surface area contributed by atoms with Crippen LogP contribution in [0.4, 0.5) is 0 Å². The van der Waals surface area contributed by atoms with Gasteiger partial charge < -0.3 is 9.67 Å². The molecule has 1 rings (SSSR count). The zero-order chi connectivity index (χ0) is 8.97. The van der Waals surface area contributed by atoms with Gasteiger partial charge in [0.05, 0.1) is 6.61 Å². The molecule has 0 atom stereocenters. The second-order valence-electron chi connectivity index (χ2n) is 2.69. The van der Waals surface area contributed by atoms with E-state index in [0.29, 0.717) is 12.1 Å². The first-order chi connectivity index (χ1) is 5.79. The molecule has 12 heavy (non-hydrogen) atoms. The van der Waals surface area contributed by atoms with Gasteiger partial charge in [-0.25, -0.2) is 0 Å². The maximum absolute atomic E-state index is 11.4. The van der Waals surface area contributed by atoms with Gasteiger partial charge in [0.15, 0.2) is 0 Å². The lowest BCUT2D eigenvalue weighted by Gasteiger charge is -2.03. The second-order valence-corrected chi connectivity index (χ2v) is 2.69. The van der Waals surface area contributed by atoms with Crippen molar-refractivity contribution in [1.29, 1.82) is 0 Å². The van der Waals surface area contributed by atoms with Crippen LogP contribution in [0.2, 0.25) is 0 Å². The summed E-state index contributed by atoms with van der Waals surface area (Å²) in [6, 6.07) is 3.43. The van der Waals surface area contributed by atoms with Crippen LogP contribution in [0.1, 0.15) is 18.9 Å². The van der Waals surface area contributed by atoms with Crippen LogP contribution in [-0.2, 0) is 13.2 Å².